The number of para-hydroxylation sites is 1. The second-order valence-electron chi connectivity index (χ2n) is 6.90. The maximum absolute atomic E-state index is 12.4. The van der Waals surface area contributed by atoms with E-state index >= 15 is 0 Å². The van der Waals surface area contributed by atoms with Crippen LogP contribution in [0.4, 0.5) is 10.5 Å². The molecule has 1 saturated heterocycles. The average Bonchev–Trinajstić information content (AvgIpc) is 2.53. The monoisotopic (exact) mass is 319 g/mol. The van der Waals surface area contributed by atoms with Gasteiger partial charge in [-0.1, -0.05) is 18.2 Å². The number of nitrogens with one attached hydrogen (secondary N) is 1. The molecule has 1 aromatic rings. The third kappa shape index (κ3) is 4.38. The number of urea groups is 1. The van der Waals surface area contributed by atoms with E-state index in [2.05, 4.69) is 48.3 Å². The fourth-order valence-electron chi connectivity index (χ4n) is 2.86. The first kappa shape index (κ1) is 17.6. The molecule has 1 heterocycles. The van der Waals surface area contributed by atoms with E-state index < -0.39 is 0 Å². The molecule has 2 rings (SSSR count). The molecule has 2 amide bonds. The summed E-state index contributed by atoms with van der Waals surface area (Å²) < 4.78 is 5.35. The second-order valence-corrected chi connectivity index (χ2v) is 6.90. The lowest BCUT2D eigenvalue weighted by Gasteiger charge is -2.41. The summed E-state index contributed by atoms with van der Waals surface area (Å²) in [4.78, 5) is 16.7. The van der Waals surface area contributed by atoms with Crippen molar-refractivity contribution in [2.45, 2.75) is 39.3 Å². The summed E-state index contributed by atoms with van der Waals surface area (Å²) in [6.45, 7) is 11.1. The molecule has 1 atom stereocenters. The lowest BCUT2D eigenvalue weighted by atomic mass is 10.1. The van der Waals surface area contributed by atoms with Crippen LogP contribution < -0.4 is 10.2 Å². The molecule has 1 aliphatic rings. The van der Waals surface area contributed by atoms with E-state index in [4.69, 9.17) is 4.74 Å². The molecule has 23 heavy (non-hydrogen) atoms. The normalized spacial score (nSPS) is 18.9. The Kier molecular flexibility index (Phi) is 5.52. The van der Waals surface area contributed by atoms with Crippen LogP contribution in [0.15, 0.2) is 24.3 Å². The van der Waals surface area contributed by atoms with Gasteiger partial charge in [-0.3, -0.25) is 0 Å². The molecule has 0 unspecified atom stereocenters. The van der Waals surface area contributed by atoms with Crippen LogP contribution in [-0.2, 0) is 4.74 Å². The first-order valence-electron chi connectivity index (χ1n) is 8.24. The number of ether oxygens (including phenoxy) is 1. The molecule has 0 saturated carbocycles. The molecule has 128 valence electrons. The number of carbonyl (C=O) groups is 1. The number of hydrogen-bond acceptors (Lipinski definition) is 3. The minimum atomic E-state index is -0.345. The second kappa shape index (κ2) is 7.21. The number of benzene rings is 1. The number of nitrogens with zero attached hydrogens (tertiary/aromatic N) is 2. The van der Waals surface area contributed by atoms with Gasteiger partial charge in [-0.15, -0.1) is 0 Å². The van der Waals surface area contributed by atoms with Crippen molar-refractivity contribution < 1.29 is 9.53 Å². The van der Waals surface area contributed by atoms with Crippen molar-refractivity contribution in [3.8, 4) is 0 Å². The summed E-state index contributed by atoms with van der Waals surface area (Å²) >= 11 is 0. The molecule has 1 N–H and O–H groups in total. The fraction of sp³-hybridized carbons (Fsp3) is 0.611. The highest BCUT2D eigenvalue weighted by Gasteiger charge is 2.29. The van der Waals surface area contributed by atoms with Gasteiger partial charge in [0.2, 0.25) is 0 Å². The van der Waals surface area contributed by atoms with Gasteiger partial charge in [0.15, 0.2) is 0 Å². The first-order chi connectivity index (χ1) is 10.8. The van der Waals surface area contributed by atoms with E-state index in [1.807, 2.05) is 18.7 Å². The summed E-state index contributed by atoms with van der Waals surface area (Å²) in [6, 6.07) is 8.58. The van der Waals surface area contributed by atoms with E-state index in [1.54, 1.807) is 7.11 Å². The molecular formula is C18H29N3O2. The first-order valence-corrected chi connectivity index (χ1v) is 8.24. The molecular weight excluding hydrogens is 290 g/mol. The molecule has 0 radical (unpaired) electrons. The number of methoxy groups -OCH3 is 1. The maximum Gasteiger partial charge on any atom is 0.317 e. The van der Waals surface area contributed by atoms with E-state index in [9.17, 15) is 4.79 Å². The van der Waals surface area contributed by atoms with E-state index in [0.717, 1.165) is 19.6 Å². The van der Waals surface area contributed by atoms with E-state index in [1.165, 1.54) is 11.3 Å². The van der Waals surface area contributed by atoms with Crippen LogP contribution in [0.3, 0.4) is 0 Å². The molecule has 0 spiro atoms. The van der Waals surface area contributed by atoms with E-state index in [0.29, 0.717) is 6.54 Å². The van der Waals surface area contributed by atoms with Crippen LogP contribution in [-0.4, -0.2) is 55.9 Å². The number of carbonyl (C=O) groups excluding carboxylic acids is 1. The highest BCUT2D eigenvalue weighted by Crippen LogP contribution is 2.22. The SMILES string of the molecule is COC(C)(C)CNC(=O)N1CCN(c2ccccc2C)C[C@H]1C. The molecule has 0 aromatic heterocycles. The topological polar surface area (TPSA) is 44.8 Å². The smallest absolute Gasteiger partial charge is 0.317 e. The lowest BCUT2D eigenvalue weighted by Crippen LogP contribution is -2.57. The molecule has 1 fully saturated rings. The van der Waals surface area contributed by atoms with Crippen molar-refractivity contribution in [2.75, 3.05) is 38.2 Å². The highest BCUT2D eigenvalue weighted by atomic mass is 16.5. The molecule has 1 aromatic carbocycles. The Bertz CT molecular complexity index is 545. The summed E-state index contributed by atoms with van der Waals surface area (Å²) in [5.41, 5.74) is 2.20. The van der Waals surface area contributed by atoms with Gasteiger partial charge in [0, 0.05) is 45.0 Å². The third-order valence-electron chi connectivity index (χ3n) is 4.56. The van der Waals surface area contributed by atoms with Crippen LogP contribution in [0.5, 0.6) is 0 Å². The highest BCUT2D eigenvalue weighted by molar-refractivity contribution is 5.75. The predicted molar refractivity (Wildman–Crippen MR) is 94.0 cm³/mol. The molecule has 5 heteroatoms. The Labute approximate surface area is 139 Å². The van der Waals surface area contributed by atoms with Gasteiger partial charge in [-0.05, 0) is 39.3 Å². The van der Waals surface area contributed by atoms with Gasteiger partial charge in [-0.25, -0.2) is 4.79 Å². The van der Waals surface area contributed by atoms with Crippen molar-refractivity contribution >= 4 is 11.7 Å². The van der Waals surface area contributed by atoms with Gasteiger partial charge in [0.1, 0.15) is 0 Å². The van der Waals surface area contributed by atoms with Gasteiger partial charge >= 0.3 is 6.03 Å². The zero-order valence-corrected chi connectivity index (χ0v) is 14.9. The Morgan fingerprint density at radius 3 is 2.65 bits per heavy atom. The van der Waals surface area contributed by atoms with Crippen molar-refractivity contribution in [1.82, 2.24) is 10.2 Å². The summed E-state index contributed by atoms with van der Waals surface area (Å²) in [5.74, 6) is 0. The average molecular weight is 319 g/mol. The molecule has 5 nitrogen and oxygen atoms in total. The minimum absolute atomic E-state index is 0.00735. The lowest BCUT2D eigenvalue weighted by molar-refractivity contribution is 0.0238. The van der Waals surface area contributed by atoms with Gasteiger partial charge in [0.25, 0.3) is 0 Å². The van der Waals surface area contributed by atoms with Gasteiger partial charge in [0.05, 0.1) is 5.60 Å². The van der Waals surface area contributed by atoms with Crippen molar-refractivity contribution in [2.24, 2.45) is 0 Å². The standard InChI is InChI=1S/C18H29N3O2/c1-14-8-6-7-9-16(14)20-10-11-21(15(2)12-20)17(22)19-13-18(3,4)23-5/h6-9,15H,10-13H2,1-5H3,(H,19,22)/t15-/m1/s1. The summed E-state index contributed by atoms with van der Waals surface area (Å²) in [7, 11) is 1.66. The minimum Gasteiger partial charge on any atom is -0.377 e. The molecule has 0 aliphatic carbocycles. The number of hydrogen-bond donors (Lipinski definition) is 1. The van der Waals surface area contributed by atoms with Crippen LogP contribution in [0.25, 0.3) is 0 Å². The fourth-order valence-corrected chi connectivity index (χ4v) is 2.86. The van der Waals surface area contributed by atoms with Gasteiger partial charge in [-0.2, -0.15) is 0 Å². The largest absolute Gasteiger partial charge is 0.377 e. The predicted octanol–water partition coefficient (Wildman–Crippen LogP) is 2.64. The van der Waals surface area contributed by atoms with Crippen LogP contribution in [0, 0.1) is 6.92 Å². The van der Waals surface area contributed by atoms with Gasteiger partial charge < -0.3 is 19.9 Å². The van der Waals surface area contributed by atoms with E-state index in [-0.39, 0.29) is 17.7 Å². The Hall–Kier alpha value is -1.75. The third-order valence-corrected chi connectivity index (χ3v) is 4.56. The zero-order valence-electron chi connectivity index (χ0n) is 14.9. The quantitative estimate of drug-likeness (QED) is 0.928. The Balaban J connectivity index is 1.94. The van der Waals surface area contributed by atoms with Crippen LogP contribution in [0.1, 0.15) is 26.3 Å². The maximum atomic E-state index is 12.4. The number of aryl methyl sites for hydroxylation is 1. The van der Waals surface area contributed by atoms with Crippen molar-refractivity contribution in [3.05, 3.63) is 29.8 Å². The Morgan fingerprint density at radius 1 is 1.35 bits per heavy atom. The van der Waals surface area contributed by atoms with Crippen molar-refractivity contribution in [1.29, 1.82) is 0 Å². The Morgan fingerprint density at radius 2 is 2.04 bits per heavy atom. The molecule has 0 bridgehead atoms. The molecule has 1 aliphatic heterocycles. The summed E-state index contributed by atoms with van der Waals surface area (Å²) in [6.07, 6.45) is 0. The van der Waals surface area contributed by atoms with Crippen molar-refractivity contribution in [3.63, 3.8) is 0 Å². The number of piperazine rings is 1. The number of amides is 2. The number of anilines is 1. The summed E-state index contributed by atoms with van der Waals surface area (Å²) in [5, 5.41) is 2.98. The van der Waals surface area contributed by atoms with Crippen LogP contribution >= 0.6 is 0 Å². The number of rotatable bonds is 4. The zero-order chi connectivity index (χ0) is 17.0. The van der Waals surface area contributed by atoms with Crippen LogP contribution in [0.2, 0.25) is 0 Å².